The van der Waals surface area contributed by atoms with Crippen molar-refractivity contribution in [2.45, 2.75) is 346 Å². The van der Waals surface area contributed by atoms with Crippen molar-refractivity contribution < 1.29 is 49.3 Å². The summed E-state index contributed by atoms with van der Waals surface area (Å²) in [6, 6.07) is -0.810. The molecular formula is C63H119NO10. The Bertz CT molecular complexity index is 1280. The molecular weight excluding hydrogens is 931 g/mol. The average molecular weight is 1050 g/mol. The summed E-state index contributed by atoms with van der Waals surface area (Å²) < 4.78 is 16.7. The van der Waals surface area contributed by atoms with Crippen molar-refractivity contribution in [3.8, 4) is 0 Å². The number of carbonyl (C=O) groups is 2. The molecule has 1 aliphatic rings. The van der Waals surface area contributed by atoms with Gasteiger partial charge in [0.15, 0.2) is 6.29 Å². The Labute approximate surface area is 454 Å². The van der Waals surface area contributed by atoms with Crippen molar-refractivity contribution in [3.05, 3.63) is 24.3 Å². The third kappa shape index (κ3) is 42.2. The highest BCUT2D eigenvalue weighted by atomic mass is 16.7. The quantitative estimate of drug-likeness (QED) is 0.0195. The Morgan fingerprint density at radius 1 is 0.486 bits per heavy atom. The van der Waals surface area contributed by atoms with Gasteiger partial charge in [0, 0.05) is 12.8 Å². The van der Waals surface area contributed by atoms with Crippen LogP contribution in [0.3, 0.4) is 0 Å². The van der Waals surface area contributed by atoms with E-state index >= 15 is 0 Å². The lowest BCUT2D eigenvalue weighted by molar-refractivity contribution is -0.302. The summed E-state index contributed by atoms with van der Waals surface area (Å²) in [4.78, 5) is 25.0. The Balaban J connectivity index is 2.00. The van der Waals surface area contributed by atoms with Crippen LogP contribution in [-0.4, -0.2) is 100 Å². The minimum Gasteiger partial charge on any atom is -0.466 e. The number of nitrogens with one attached hydrogen (secondary N) is 1. The monoisotopic (exact) mass is 1050 g/mol. The third-order valence-corrected chi connectivity index (χ3v) is 15.1. The molecule has 0 aromatic rings. The van der Waals surface area contributed by atoms with E-state index in [-0.39, 0.29) is 18.5 Å². The minimum atomic E-state index is -1.57. The normalized spacial score (nSPS) is 18.9. The van der Waals surface area contributed by atoms with Crippen molar-refractivity contribution in [2.75, 3.05) is 19.8 Å². The zero-order valence-corrected chi connectivity index (χ0v) is 48.1. The fraction of sp³-hybridized carbons (Fsp3) is 0.905. The molecule has 7 unspecified atom stereocenters. The fourth-order valence-corrected chi connectivity index (χ4v) is 10.0. The zero-order valence-electron chi connectivity index (χ0n) is 48.1. The van der Waals surface area contributed by atoms with E-state index in [1.807, 2.05) is 6.08 Å². The second-order valence-electron chi connectivity index (χ2n) is 22.1. The van der Waals surface area contributed by atoms with Gasteiger partial charge in [0.1, 0.15) is 24.4 Å². The van der Waals surface area contributed by atoms with E-state index in [1.165, 1.54) is 218 Å². The Morgan fingerprint density at radius 3 is 1.30 bits per heavy atom. The van der Waals surface area contributed by atoms with Crippen LogP contribution >= 0.6 is 0 Å². The van der Waals surface area contributed by atoms with Gasteiger partial charge in [-0.2, -0.15) is 0 Å². The van der Waals surface area contributed by atoms with Crippen LogP contribution in [0.25, 0.3) is 0 Å². The van der Waals surface area contributed by atoms with Gasteiger partial charge in [0.05, 0.1) is 32.0 Å². The molecule has 1 amide bonds. The van der Waals surface area contributed by atoms with Crippen LogP contribution < -0.4 is 5.32 Å². The van der Waals surface area contributed by atoms with E-state index in [9.17, 15) is 35.1 Å². The summed E-state index contributed by atoms with van der Waals surface area (Å²) in [5.41, 5.74) is 0. The fourth-order valence-electron chi connectivity index (χ4n) is 10.0. The number of unbranched alkanes of at least 4 members (excludes halogenated alkanes) is 39. The summed E-state index contributed by atoms with van der Waals surface area (Å²) in [6.45, 7) is 4.33. The Hall–Kier alpha value is -1.86. The second-order valence-corrected chi connectivity index (χ2v) is 22.1. The van der Waals surface area contributed by atoms with Crippen LogP contribution in [0.2, 0.25) is 0 Å². The number of aliphatic hydroxyl groups excluding tert-OH is 5. The maximum atomic E-state index is 13.0. The molecule has 0 radical (unpaired) electrons. The summed E-state index contributed by atoms with van der Waals surface area (Å²) in [5.74, 6) is -0.183. The number of rotatable bonds is 55. The van der Waals surface area contributed by atoms with Gasteiger partial charge < -0.3 is 45.1 Å². The standard InChI is InChI=1S/C63H119NO10/c1-3-5-7-9-11-13-30-35-39-43-47-51-59(68)72-52-48-44-40-36-32-29-27-25-23-21-19-17-15-16-18-20-22-24-26-28-31-34-38-42-46-50-58(67)64-55(54-73-63-62(71)61(70)60(69)57(53-65)74-63)56(66)49-45-41-37-33-14-12-10-8-6-4-2/h16,18,45,49,55-57,60-63,65-66,69-71H,3-15,17,19-44,46-48,50-54H2,1-2H3,(H,64,67)/b18-16-,49-45+. The predicted molar refractivity (Wildman–Crippen MR) is 306 cm³/mol. The van der Waals surface area contributed by atoms with Gasteiger partial charge in [-0.15, -0.1) is 0 Å². The molecule has 7 atom stereocenters. The molecule has 1 rings (SSSR count). The number of hydrogen-bond donors (Lipinski definition) is 6. The largest absolute Gasteiger partial charge is 0.466 e. The minimum absolute atomic E-state index is 0.00269. The molecule has 6 N–H and O–H groups in total. The Morgan fingerprint density at radius 2 is 0.865 bits per heavy atom. The second kappa shape index (κ2) is 53.2. The summed E-state index contributed by atoms with van der Waals surface area (Å²) in [6.07, 6.45) is 54.3. The van der Waals surface area contributed by atoms with Crippen LogP contribution in [0.4, 0.5) is 0 Å². The Kier molecular flexibility index (Phi) is 50.4. The van der Waals surface area contributed by atoms with Crippen molar-refractivity contribution in [3.63, 3.8) is 0 Å². The van der Waals surface area contributed by atoms with Crippen LogP contribution in [-0.2, 0) is 23.8 Å². The van der Waals surface area contributed by atoms with Gasteiger partial charge in [-0.1, -0.05) is 256 Å². The highest BCUT2D eigenvalue weighted by Gasteiger charge is 2.44. The van der Waals surface area contributed by atoms with Gasteiger partial charge in [-0.05, 0) is 57.8 Å². The topological polar surface area (TPSA) is 175 Å². The molecule has 1 aliphatic heterocycles. The number of esters is 1. The van der Waals surface area contributed by atoms with E-state index < -0.39 is 49.5 Å². The first-order chi connectivity index (χ1) is 36.2. The molecule has 11 heteroatoms. The number of hydrogen-bond acceptors (Lipinski definition) is 10. The number of amides is 1. The van der Waals surface area contributed by atoms with E-state index in [0.717, 1.165) is 57.8 Å². The molecule has 74 heavy (non-hydrogen) atoms. The van der Waals surface area contributed by atoms with Crippen molar-refractivity contribution in [2.24, 2.45) is 0 Å². The van der Waals surface area contributed by atoms with E-state index in [2.05, 4.69) is 31.3 Å². The third-order valence-electron chi connectivity index (χ3n) is 15.1. The predicted octanol–water partition coefficient (Wildman–Crippen LogP) is 14.9. The zero-order chi connectivity index (χ0) is 53.8. The molecule has 436 valence electrons. The SMILES string of the molecule is CCCCCCCCCC/C=C/C(O)C(COC1OC(CO)C(O)C(O)C1O)NC(=O)CCCCCCCCCCC/C=C\CCCCCCCCCCCCCCOC(=O)CCCCCCCCCCCCC. The first kappa shape index (κ1) is 70.2. The first-order valence-corrected chi connectivity index (χ1v) is 31.6. The molecule has 1 heterocycles. The number of ether oxygens (including phenoxy) is 3. The van der Waals surface area contributed by atoms with Crippen molar-refractivity contribution >= 4 is 11.9 Å². The summed E-state index contributed by atoms with van der Waals surface area (Å²) in [7, 11) is 0. The van der Waals surface area contributed by atoms with Gasteiger partial charge in [-0.3, -0.25) is 9.59 Å². The number of aliphatic hydroxyl groups is 5. The molecule has 0 aliphatic carbocycles. The summed E-state index contributed by atoms with van der Waals surface area (Å²) >= 11 is 0. The van der Waals surface area contributed by atoms with Gasteiger partial charge in [0.25, 0.3) is 0 Å². The maximum Gasteiger partial charge on any atom is 0.305 e. The van der Waals surface area contributed by atoms with E-state index in [1.54, 1.807) is 6.08 Å². The number of allylic oxidation sites excluding steroid dienone is 3. The molecule has 0 aromatic carbocycles. The van der Waals surface area contributed by atoms with Gasteiger partial charge in [-0.25, -0.2) is 0 Å². The van der Waals surface area contributed by atoms with Crippen LogP contribution in [0.5, 0.6) is 0 Å². The van der Waals surface area contributed by atoms with Gasteiger partial charge in [0.2, 0.25) is 5.91 Å². The van der Waals surface area contributed by atoms with E-state index in [0.29, 0.717) is 19.4 Å². The lowest BCUT2D eigenvalue weighted by Gasteiger charge is -2.40. The highest BCUT2D eigenvalue weighted by Crippen LogP contribution is 2.23. The lowest BCUT2D eigenvalue weighted by atomic mass is 9.99. The van der Waals surface area contributed by atoms with Crippen LogP contribution in [0.1, 0.15) is 303 Å². The van der Waals surface area contributed by atoms with Gasteiger partial charge >= 0.3 is 5.97 Å². The molecule has 11 nitrogen and oxygen atoms in total. The molecule has 0 spiro atoms. The maximum absolute atomic E-state index is 13.0. The smallest absolute Gasteiger partial charge is 0.305 e. The average Bonchev–Trinajstić information content (AvgIpc) is 3.40. The molecule has 0 bridgehead atoms. The molecule has 0 aromatic heterocycles. The van der Waals surface area contributed by atoms with E-state index in [4.69, 9.17) is 14.2 Å². The summed E-state index contributed by atoms with van der Waals surface area (Å²) in [5, 5.41) is 54.3. The first-order valence-electron chi connectivity index (χ1n) is 31.6. The van der Waals surface area contributed by atoms with Crippen molar-refractivity contribution in [1.29, 1.82) is 0 Å². The molecule has 0 saturated carbocycles. The molecule has 1 saturated heterocycles. The highest BCUT2D eigenvalue weighted by molar-refractivity contribution is 5.76. The van der Waals surface area contributed by atoms with Crippen LogP contribution in [0, 0.1) is 0 Å². The number of carbonyl (C=O) groups excluding carboxylic acids is 2. The molecule has 1 fully saturated rings. The lowest BCUT2D eigenvalue weighted by Crippen LogP contribution is -2.60. The van der Waals surface area contributed by atoms with Crippen molar-refractivity contribution in [1.82, 2.24) is 5.32 Å². The van der Waals surface area contributed by atoms with Crippen LogP contribution in [0.15, 0.2) is 24.3 Å².